The maximum absolute atomic E-state index is 10.4. The number of hydrogen-bond acceptors (Lipinski definition) is 6. The van der Waals surface area contributed by atoms with Crippen molar-refractivity contribution in [2.24, 2.45) is 5.16 Å². The number of carbonyl (C=O) groups is 1. The smallest absolute Gasteiger partial charge is 0.303 e. The first kappa shape index (κ1) is 16.5. The molecule has 1 N–H and O–H groups in total. The molecule has 0 bridgehead atoms. The van der Waals surface area contributed by atoms with Gasteiger partial charge in [0, 0.05) is 30.6 Å². The second kappa shape index (κ2) is 9.24. The van der Waals surface area contributed by atoms with Crippen molar-refractivity contribution in [3.8, 4) is 0 Å². The minimum Gasteiger partial charge on any atom is -0.481 e. The highest BCUT2D eigenvalue weighted by atomic mass is 16.6. The van der Waals surface area contributed by atoms with Gasteiger partial charge in [-0.2, -0.15) is 0 Å². The van der Waals surface area contributed by atoms with Crippen molar-refractivity contribution in [3.63, 3.8) is 0 Å². The maximum Gasteiger partial charge on any atom is 0.303 e. The molecule has 23 heavy (non-hydrogen) atoms. The van der Waals surface area contributed by atoms with E-state index in [4.69, 9.17) is 9.94 Å². The number of aromatic nitrogens is 3. The molecule has 0 spiro atoms. The average Bonchev–Trinajstić information content (AvgIpc) is 2.59. The normalized spacial score (nSPS) is 11.2. The molecule has 2 rings (SSSR count). The number of unbranched alkanes of at least 4 members (excludes halogenated alkanes) is 2. The van der Waals surface area contributed by atoms with Gasteiger partial charge >= 0.3 is 5.97 Å². The lowest BCUT2D eigenvalue weighted by molar-refractivity contribution is -0.137. The lowest BCUT2D eigenvalue weighted by Crippen LogP contribution is -2.07. The average molecular weight is 314 g/mol. The Balaban J connectivity index is 1.94. The van der Waals surface area contributed by atoms with Crippen LogP contribution in [0.1, 0.15) is 36.9 Å². The Bertz CT molecular complexity index is 591. The van der Waals surface area contributed by atoms with Crippen molar-refractivity contribution in [2.45, 2.75) is 25.7 Å². The zero-order valence-electron chi connectivity index (χ0n) is 12.6. The number of nitrogens with zero attached hydrogens (tertiary/aromatic N) is 4. The molecule has 7 nitrogen and oxygen atoms in total. The van der Waals surface area contributed by atoms with Crippen LogP contribution in [0.25, 0.3) is 0 Å². The molecule has 120 valence electrons. The molecule has 0 aliphatic carbocycles. The number of aliphatic carboxylic acids is 1. The van der Waals surface area contributed by atoms with Gasteiger partial charge in [0.2, 0.25) is 0 Å². The van der Waals surface area contributed by atoms with E-state index in [-0.39, 0.29) is 6.42 Å². The molecule has 0 aliphatic heterocycles. The van der Waals surface area contributed by atoms with Crippen LogP contribution in [-0.4, -0.2) is 38.3 Å². The molecule has 0 aliphatic rings. The summed E-state index contributed by atoms with van der Waals surface area (Å²) in [4.78, 5) is 27.9. The first-order chi connectivity index (χ1) is 11.3. The van der Waals surface area contributed by atoms with Gasteiger partial charge in [0.15, 0.2) is 0 Å². The third kappa shape index (κ3) is 5.82. The van der Waals surface area contributed by atoms with Crippen LogP contribution < -0.4 is 0 Å². The second-order valence-electron chi connectivity index (χ2n) is 4.81. The van der Waals surface area contributed by atoms with Gasteiger partial charge in [-0.3, -0.25) is 9.78 Å². The van der Waals surface area contributed by atoms with Crippen molar-refractivity contribution in [2.75, 3.05) is 6.61 Å². The van der Waals surface area contributed by atoms with Gasteiger partial charge in [-0.25, -0.2) is 9.97 Å². The standard InChI is InChI=1S/C16H18N4O3/c21-15(22)6-2-1-3-10-23-20-16(13-5-4-8-17-11-13)14-7-9-18-12-19-14/h4-5,7-9,11-12H,1-3,6,10H2,(H,21,22)/b20-16-. The Kier molecular flexibility index (Phi) is 6.65. The number of rotatable bonds is 9. The van der Waals surface area contributed by atoms with Crippen molar-refractivity contribution in [1.29, 1.82) is 0 Å². The monoisotopic (exact) mass is 314 g/mol. The summed E-state index contributed by atoms with van der Waals surface area (Å²) in [6.45, 7) is 0.425. The fraction of sp³-hybridized carbons (Fsp3) is 0.312. The predicted molar refractivity (Wildman–Crippen MR) is 84.0 cm³/mol. The lowest BCUT2D eigenvalue weighted by atomic mass is 10.1. The van der Waals surface area contributed by atoms with Gasteiger partial charge in [0.25, 0.3) is 0 Å². The summed E-state index contributed by atoms with van der Waals surface area (Å²) in [7, 11) is 0. The molecule has 0 saturated heterocycles. The molecule has 0 fully saturated rings. The largest absolute Gasteiger partial charge is 0.481 e. The summed E-state index contributed by atoms with van der Waals surface area (Å²) >= 11 is 0. The molecule has 0 amide bonds. The van der Waals surface area contributed by atoms with E-state index in [1.807, 2.05) is 12.1 Å². The minimum atomic E-state index is -0.772. The van der Waals surface area contributed by atoms with E-state index in [0.29, 0.717) is 24.4 Å². The fourth-order valence-electron chi connectivity index (χ4n) is 1.91. The quantitative estimate of drug-likeness (QED) is 0.433. The Labute approximate surface area is 134 Å². The van der Waals surface area contributed by atoms with Crippen molar-refractivity contribution >= 4 is 11.7 Å². The molecule has 0 aromatic carbocycles. The van der Waals surface area contributed by atoms with Gasteiger partial charge in [-0.1, -0.05) is 5.16 Å². The van der Waals surface area contributed by atoms with Crippen LogP contribution >= 0.6 is 0 Å². The molecule has 0 radical (unpaired) electrons. The van der Waals surface area contributed by atoms with Crippen LogP contribution in [0, 0.1) is 0 Å². The van der Waals surface area contributed by atoms with Crippen LogP contribution in [0.2, 0.25) is 0 Å². The van der Waals surface area contributed by atoms with E-state index in [9.17, 15) is 4.79 Å². The Morgan fingerprint density at radius 3 is 2.78 bits per heavy atom. The molecule has 0 atom stereocenters. The second-order valence-corrected chi connectivity index (χ2v) is 4.81. The molecule has 7 heteroatoms. The van der Waals surface area contributed by atoms with Gasteiger partial charge in [-0.15, -0.1) is 0 Å². The van der Waals surface area contributed by atoms with E-state index in [1.54, 1.807) is 24.7 Å². The van der Waals surface area contributed by atoms with E-state index in [1.165, 1.54) is 6.33 Å². The molecule has 2 aromatic heterocycles. The Morgan fingerprint density at radius 2 is 2.09 bits per heavy atom. The molecule has 0 saturated carbocycles. The third-order valence-corrected chi connectivity index (χ3v) is 3.04. The van der Waals surface area contributed by atoms with E-state index in [2.05, 4.69) is 20.1 Å². The summed E-state index contributed by atoms with van der Waals surface area (Å²) in [6.07, 6.45) is 8.84. The van der Waals surface area contributed by atoms with Gasteiger partial charge in [-0.05, 0) is 37.5 Å². The Hall–Kier alpha value is -2.83. The first-order valence-corrected chi connectivity index (χ1v) is 7.36. The SMILES string of the molecule is O=C(O)CCCCCO/N=C(/c1cccnc1)c1ccncn1. The van der Waals surface area contributed by atoms with Gasteiger partial charge in [0.1, 0.15) is 18.6 Å². The van der Waals surface area contributed by atoms with Gasteiger partial charge < -0.3 is 9.94 Å². The highest BCUT2D eigenvalue weighted by Crippen LogP contribution is 2.08. The van der Waals surface area contributed by atoms with E-state index < -0.39 is 5.97 Å². The zero-order valence-corrected chi connectivity index (χ0v) is 12.6. The summed E-state index contributed by atoms with van der Waals surface area (Å²) in [5.74, 6) is -0.772. The zero-order chi connectivity index (χ0) is 16.3. The van der Waals surface area contributed by atoms with E-state index >= 15 is 0 Å². The lowest BCUT2D eigenvalue weighted by Gasteiger charge is -2.06. The highest BCUT2D eigenvalue weighted by molar-refractivity contribution is 6.11. The topological polar surface area (TPSA) is 97.6 Å². The molecular formula is C16H18N4O3. The number of carboxylic acids is 1. The third-order valence-electron chi connectivity index (χ3n) is 3.04. The van der Waals surface area contributed by atoms with Crippen molar-refractivity contribution < 1.29 is 14.7 Å². The minimum absolute atomic E-state index is 0.186. The van der Waals surface area contributed by atoms with E-state index in [0.717, 1.165) is 18.4 Å². The Morgan fingerprint density at radius 1 is 1.17 bits per heavy atom. The number of hydrogen-bond donors (Lipinski definition) is 1. The predicted octanol–water partition coefficient (Wildman–Crippen LogP) is 2.29. The summed E-state index contributed by atoms with van der Waals surface area (Å²) in [5, 5.41) is 12.7. The first-order valence-electron chi connectivity index (χ1n) is 7.36. The van der Waals surface area contributed by atoms with Crippen LogP contribution in [0.4, 0.5) is 0 Å². The summed E-state index contributed by atoms with van der Waals surface area (Å²) in [6, 6.07) is 5.45. The number of pyridine rings is 1. The number of carboxylic acid groups (broad SMARTS) is 1. The molecular weight excluding hydrogens is 296 g/mol. The molecule has 0 unspecified atom stereocenters. The molecule has 2 aromatic rings. The summed E-state index contributed by atoms with van der Waals surface area (Å²) < 4.78 is 0. The van der Waals surface area contributed by atoms with Crippen LogP contribution in [0.5, 0.6) is 0 Å². The fourth-order valence-corrected chi connectivity index (χ4v) is 1.91. The van der Waals surface area contributed by atoms with Crippen LogP contribution in [0.15, 0.2) is 48.3 Å². The van der Waals surface area contributed by atoms with Crippen molar-refractivity contribution in [3.05, 3.63) is 54.4 Å². The molecule has 2 heterocycles. The van der Waals surface area contributed by atoms with Crippen LogP contribution in [0.3, 0.4) is 0 Å². The van der Waals surface area contributed by atoms with Crippen LogP contribution in [-0.2, 0) is 9.63 Å². The van der Waals surface area contributed by atoms with Gasteiger partial charge in [0.05, 0.1) is 5.69 Å². The van der Waals surface area contributed by atoms with Crippen molar-refractivity contribution in [1.82, 2.24) is 15.0 Å². The maximum atomic E-state index is 10.4. The summed E-state index contributed by atoms with van der Waals surface area (Å²) in [5.41, 5.74) is 2.04. The highest BCUT2D eigenvalue weighted by Gasteiger charge is 2.09. The number of oxime groups is 1.